The first-order valence-corrected chi connectivity index (χ1v) is 7.44. The van der Waals surface area contributed by atoms with Gasteiger partial charge in [0.1, 0.15) is 0 Å². The van der Waals surface area contributed by atoms with Crippen molar-refractivity contribution < 1.29 is 9.53 Å². The predicted molar refractivity (Wildman–Crippen MR) is 78.5 cm³/mol. The third-order valence-corrected chi connectivity index (χ3v) is 4.34. The van der Waals surface area contributed by atoms with Crippen LogP contribution in [0.2, 0.25) is 0 Å². The van der Waals surface area contributed by atoms with E-state index in [0.717, 1.165) is 37.1 Å². The van der Waals surface area contributed by atoms with E-state index in [1.54, 1.807) is 0 Å². The molecule has 1 saturated heterocycles. The zero-order valence-corrected chi connectivity index (χ0v) is 11.9. The number of carbonyl (C=O) groups is 1. The van der Waals surface area contributed by atoms with Crippen molar-refractivity contribution >= 4 is 11.6 Å². The number of anilines is 1. The molecule has 3 atom stereocenters. The number of carbonyl (C=O) groups excluding carboxylic acids is 1. The average Bonchev–Trinajstić information content (AvgIpc) is 2.82. The normalized spacial score (nSPS) is 29.9. The summed E-state index contributed by atoms with van der Waals surface area (Å²) in [6.45, 7) is 3.33. The molecule has 2 aliphatic rings. The van der Waals surface area contributed by atoms with Crippen molar-refractivity contribution in [1.29, 1.82) is 0 Å². The first-order chi connectivity index (χ1) is 9.66. The summed E-state index contributed by atoms with van der Waals surface area (Å²) >= 11 is 0. The van der Waals surface area contributed by atoms with Gasteiger partial charge < -0.3 is 15.4 Å². The first kappa shape index (κ1) is 13.6. The number of nitrogens with zero attached hydrogens (tertiary/aromatic N) is 1. The number of hydrogen-bond acceptors (Lipinski definition) is 3. The predicted octanol–water partition coefficient (Wildman–Crippen LogP) is 2.24. The summed E-state index contributed by atoms with van der Waals surface area (Å²) in [6.07, 6.45) is 2.89. The molecule has 4 heteroatoms. The number of fused-ring (bicyclic) bond motifs is 1. The molecule has 2 heterocycles. The van der Waals surface area contributed by atoms with Gasteiger partial charge in [0.25, 0.3) is 0 Å². The molecule has 108 valence electrons. The minimum atomic E-state index is -0.00705. The fraction of sp³-hybridized carbons (Fsp3) is 0.562. The summed E-state index contributed by atoms with van der Waals surface area (Å²) in [5, 5.41) is 0. The van der Waals surface area contributed by atoms with Crippen molar-refractivity contribution in [2.75, 3.05) is 18.1 Å². The summed E-state index contributed by atoms with van der Waals surface area (Å²) in [6, 6.07) is 8.05. The molecule has 0 bridgehead atoms. The Labute approximate surface area is 119 Å². The molecule has 0 radical (unpaired) electrons. The third-order valence-electron chi connectivity index (χ3n) is 4.34. The van der Waals surface area contributed by atoms with Crippen molar-refractivity contribution in [2.24, 2.45) is 11.7 Å². The molecule has 0 spiro atoms. The molecule has 1 amide bonds. The Morgan fingerprint density at radius 1 is 1.40 bits per heavy atom. The molecule has 0 saturated carbocycles. The van der Waals surface area contributed by atoms with E-state index in [1.165, 1.54) is 0 Å². The van der Waals surface area contributed by atoms with Gasteiger partial charge in [-0.05, 0) is 37.8 Å². The van der Waals surface area contributed by atoms with Crippen LogP contribution in [0.1, 0.15) is 37.8 Å². The molecule has 3 rings (SSSR count). The van der Waals surface area contributed by atoms with E-state index in [4.69, 9.17) is 10.5 Å². The Hall–Kier alpha value is -1.39. The van der Waals surface area contributed by atoms with Crippen LogP contribution in [0.25, 0.3) is 0 Å². The van der Waals surface area contributed by atoms with Crippen LogP contribution in [-0.2, 0) is 9.53 Å². The third kappa shape index (κ3) is 2.45. The first-order valence-electron chi connectivity index (χ1n) is 7.44. The standard InChI is InChI=1S/C16H22N2O2/c1-11-9-12(10-20-11)16(19)18-8-4-6-14(17)13-5-2-3-7-15(13)18/h2-3,5,7,11-12,14H,4,6,8-10,17H2,1H3. The molecule has 3 unspecified atom stereocenters. The van der Waals surface area contributed by atoms with Crippen LogP contribution in [0.5, 0.6) is 0 Å². The minimum Gasteiger partial charge on any atom is -0.378 e. The van der Waals surface area contributed by atoms with Gasteiger partial charge >= 0.3 is 0 Å². The highest BCUT2D eigenvalue weighted by molar-refractivity contribution is 5.96. The lowest BCUT2D eigenvalue weighted by Crippen LogP contribution is -2.37. The monoisotopic (exact) mass is 274 g/mol. The molecule has 1 fully saturated rings. The quantitative estimate of drug-likeness (QED) is 0.854. The number of hydrogen-bond donors (Lipinski definition) is 1. The second-order valence-electron chi connectivity index (χ2n) is 5.87. The van der Waals surface area contributed by atoms with Crippen LogP contribution in [0.15, 0.2) is 24.3 Å². The maximum absolute atomic E-state index is 12.8. The van der Waals surface area contributed by atoms with Gasteiger partial charge in [-0.2, -0.15) is 0 Å². The number of ether oxygens (including phenoxy) is 1. The minimum absolute atomic E-state index is 0.00705. The molecule has 2 N–H and O–H groups in total. The molecule has 20 heavy (non-hydrogen) atoms. The number of para-hydroxylation sites is 1. The van der Waals surface area contributed by atoms with E-state index in [0.29, 0.717) is 6.61 Å². The fourth-order valence-electron chi connectivity index (χ4n) is 3.23. The highest BCUT2D eigenvalue weighted by Gasteiger charge is 2.34. The molecule has 0 aromatic heterocycles. The topological polar surface area (TPSA) is 55.6 Å². The zero-order valence-electron chi connectivity index (χ0n) is 11.9. The Kier molecular flexibility index (Phi) is 3.76. The van der Waals surface area contributed by atoms with Crippen molar-refractivity contribution in [2.45, 2.75) is 38.3 Å². The second-order valence-corrected chi connectivity index (χ2v) is 5.87. The van der Waals surface area contributed by atoms with Gasteiger partial charge in [-0.3, -0.25) is 4.79 Å². The van der Waals surface area contributed by atoms with E-state index >= 15 is 0 Å². The molecule has 1 aromatic carbocycles. The molecular weight excluding hydrogens is 252 g/mol. The van der Waals surface area contributed by atoms with Gasteiger partial charge in [0.2, 0.25) is 5.91 Å². The zero-order chi connectivity index (χ0) is 14.1. The van der Waals surface area contributed by atoms with Crippen LogP contribution in [0, 0.1) is 5.92 Å². The van der Waals surface area contributed by atoms with Gasteiger partial charge in [-0.15, -0.1) is 0 Å². The van der Waals surface area contributed by atoms with Crippen LogP contribution in [0.3, 0.4) is 0 Å². The summed E-state index contributed by atoms with van der Waals surface area (Å²) < 4.78 is 5.55. The number of benzene rings is 1. The van der Waals surface area contributed by atoms with E-state index < -0.39 is 0 Å². The van der Waals surface area contributed by atoms with Crippen LogP contribution in [0.4, 0.5) is 5.69 Å². The maximum Gasteiger partial charge on any atom is 0.232 e. The Balaban J connectivity index is 1.89. The number of rotatable bonds is 1. The van der Waals surface area contributed by atoms with Crippen molar-refractivity contribution in [3.05, 3.63) is 29.8 Å². The molecule has 2 aliphatic heterocycles. The number of nitrogens with two attached hydrogens (primary N) is 1. The van der Waals surface area contributed by atoms with Crippen LogP contribution < -0.4 is 10.6 Å². The second kappa shape index (κ2) is 5.54. The van der Waals surface area contributed by atoms with E-state index in [-0.39, 0.29) is 24.0 Å². The Morgan fingerprint density at radius 2 is 2.20 bits per heavy atom. The Morgan fingerprint density at radius 3 is 2.95 bits per heavy atom. The van der Waals surface area contributed by atoms with Gasteiger partial charge in [0.15, 0.2) is 0 Å². The Bertz CT molecular complexity index is 503. The highest BCUT2D eigenvalue weighted by Crippen LogP contribution is 2.33. The smallest absolute Gasteiger partial charge is 0.232 e. The summed E-state index contributed by atoms with van der Waals surface area (Å²) in [5.41, 5.74) is 8.30. The van der Waals surface area contributed by atoms with Crippen molar-refractivity contribution in [3.8, 4) is 0 Å². The van der Waals surface area contributed by atoms with Gasteiger partial charge in [-0.25, -0.2) is 0 Å². The van der Waals surface area contributed by atoms with Crippen LogP contribution >= 0.6 is 0 Å². The van der Waals surface area contributed by atoms with E-state index in [2.05, 4.69) is 0 Å². The lowest BCUT2D eigenvalue weighted by molar-refractivity contribution is -0.122. The van der Waals surface area contributed by atoms with Gasteiger partial charge in [0.05, 0.1) is 18.6 Å². The maximum atomic E-state index is 12.8. The van der Waals surface area contributed by atoms with Gasteiger partial charge in [0, 0.05) is 18.3 Å². The summed E-state index contributed by atoms with van der Waals surface area (Å²) in [7, 11) is 0. The van der Waals surface area contributed by atoms with Crippen molar-refractivity contribution in [3.63, 3.8) is 0 Å². The fourth-order valence-corrected chi connectivity index (χ4v) is 3.23. The molecule has 0 aliphatic carbocycles. The summed E-state index contributed by atoms with van der Waals surface area (Å²) in [5.74, 6) is 0.184. The molecule has 4 nitrogen and oxygen atoms in total. The lowest BCUT2D eigenvalue weighted by atomic mass is 10.0. The van der Waals surface area contributed by atoms with E-state index in [9.17, 15) is 4.79 Å². The van der Waals surface area contributed by atoms with Gasteiger partial charge in [-0.1, -0.05) is 18.2 Å². The number of amides is 1. The largest absolute Gasteiger partial charge is 0.378 e. The lowest BCUT2D eigenvalue weighted by Gasteiger charge is -2.25. The summed E-state index contributed by atoms with van der Waals surface area (Å²) in [4.78, 5) is 14.7. The van der Waals surface area contributed by atoms with E-state index in [1.807, 2.05) is 36.1 Å². The SMILES string of the molecule is CC1CC(C(=O)N2CCCC(N)c3ccccc32)CO1. The molecule has 1 aromatic rings. The average molecular weight is 274 g/mol. The van der Waals surface area contributed by atoms with Crippen molar-refractivity contribution in [1.82, 2.24) is 0 Å². The highest BCUT2D eigenvalue weighted by atomic mass is 16.5. The molecular formula is C16H22N2O2. The van der Waals surface area contributed by atoms with Crippen LogP contribution in [-0.4, -0.2) is 25.2 Å².